The van der Waals surface area contributed by atoms with Crippen LogP contribution in [0.15, 0.2) is 0 Å². The van der Waals surface area contributed by atoms with Crippen LogP contribution in [0.25, 0.3) is 0 Å². The summed E-state index contributed by atoms with van der Waals surface area (Å²) < 4.78 is 0. The standard InChI is InChI=1S/C14H28N2/c1-3-6-14(7-8-14)12-16-10-4-9-15-13(2)5-11-16/h13,15H,3-12H2,1-2H3. The molecule has 0 aromatic carbocycles. The van der Waals surface area contributed by atoms with E-state index in [0.29, 0.717) is 6.04 Å². The Hall–Kier alpha value is -0.0800. The molecule has 2 nitrogen and oxygen atoms in total. The van der Waals surface area contributed by atoms with Crippen molar-refractivity contribution in [3.8, 4) is 0 Å². The second-order valence-corrected chi connectivity index (χ2v) is 6.02. The zero-order chi connectivity index (χ0) is 11.4. The minimum absolute atomic E-state index is 0.712. The van der Waals surface area contributed by atoms with Gasteiger partial charge in [0.05, 0.1) is 0 Å². The van der Waals surface area contributed by atoms with E-state index >= 15 is 0 Å². The average molecular weight is 224 g/mol. The summed E-state index contributed by atoms with van der Waals surface area (Å²) in [7, 11) is 0. The monoisotopic (exact) mass is 224 g/mol. The summed E-state index contributed by atoms with van der Waals surface area (Å²) in [5.41, 5.74) is 0.741. The van der Waals surface area contributed by atoms with Crippen LogP contribution in [0, 0.1) is 5.41 Å². The molecule has 1 aliphatic carbocycles. The Morgan fingerprint density at radius 3 is 2.81 bits per heavy atom. The molecule has 1 aliphatic heterocycles. The molecule has 0 amide bonds. The van der Waals surface area contributed by atoms with E-state index < -0.39 is 0 Å². The van der Waals surface area contributed by atoms with Crippen LogP contribution in [0.4, 0.5) is 0 Å². The summed E-state index contributed by atoms with van der Waals surface area (Å²) in [4.78, 5) is 2.74. The molecule has 1 saturated heterocycles. The summed E-state index contributed by atoms with van der Waals surface area (Å²) in [6.45, 7) is 9.86. The predicted octanol–water partition coefficient (Wildman–Crippen LogP) is 2.64. The van der Waals surface area contributed by atoms with E-state index in [9.17, 15) is 0 Å². The van der Waals surface area contributed by atoms with Crippen molar-refractivity contribution in [3.63, 3.8) is 0 Å². The number of rotatable bonds is 4. The first-order valence-electron chi connectivity index (χ1n) is 7.20. The molecular weight excluding hydrogens is 196 g/mol. The van der Waals surface area contributed by atoms with Gasteiger partial charge >= 0.3 is 0 Å². The number of nitrogens with zero attached hydrogens (tertiary/aromatic N) is 1. The van der Waals surface area contributed by atoms with Gasteiger partial charge in [-0.25, -0.2) is 0 Å². The van der Waals surface area contributed by atoms with Crippen LogP contribution in [0.1, 0.15) is 52.4 Å². The highest BCUT2D eigenvalue weighted by molar-refractivity contribution is 4.95. The molecule has 0 radical (unpaired) electrons. The normalized spacial score (nSPS) is 30.8. The van der Waals surface area contributed by atoms with E-state index in [1.807, 2.05) is 0 Å². The van der Waals surface area contributed by atoms with Gasteiger partial charge in [0.15, 0.2) is 0 Å². The molecule has 1 heterocycles. The topological polar surface area (TPSA) is 15.3 Å². The van der Waals surface area contributed by atoms with Gasteiger partial charge in [0.25, 0.3) is 0 Å². The second-order valence-electron chi connectivity index (χ2n) is 6.02. The van der Waals surface area contributed by atoms with Crippen molar-refractivity contribution in [2.45, 2.75) is 58.4 Å². The summed E-state index contributed by atoms with van der Waals surface area (Å²) in [5, 5.41) is 3.58. The summed E-state index contributed by atoms with van der Waals surface area (Å²) in [6.07, 6.45) is 8.45. The summed E-state index contributed by atoms with van der Waals surface area (Å²) in [5.74, 6) is 0. The van der Waals surface area contributed by atoms with Crippen LogP contribution in [-0.4, -0.2) is 37.1 Å². The van der Waals surface area contributed by atoms with Gasteiger partial charge in [-0.2, -0.15) is 0 Å². The molecule has 0 spiro atoms. The van der Waals surface area contributed by atoms with Crippen LogP contribution in [-0.2, 0) is 0 Å². The van der Waals surface area contributed by atoms with Gasteiger partial charge in [-0.15, -0.1) is 0 Å². The van der Waals surface area contributed by atoms with Crippen molar-refractivity contribution in [1.82, 2.24) is 10.2 Å². The van der Waals surface area contributed by atoms with Gasteiger partial charge in [0.2, 0.25) is 0 Å². The third-order valence-corrected chi connectivity index (χ3v) is 4.32. The molecule has 2 aliphatic rings. The van der Waals surface area contributed by atoms with Crippen molar-refractivity contribution < 1.29 is 0 Å². The number of nitrogens with one attached hydrogen (secondary N) is 1. The maximum Gasteiger partial charge on any atom is 0.00509 e. The van der Waals surface area contributed by atoms with Gasteiger partial charge < -0.3 is 10.2 Å². The van der Waals surface area contributed by atoms with E-state index in [4.69, 9.17) is 0 Å². The van der Waals surface area contributed by atoms with Crippen molar-refractivity contribution in [1.29, 1.82) is 0 Å². The largest absolute Gasteiger partial charge is 0.314 e. The van der Waals surface area contributed by atoms with Crippen LogP contribution >= 0.6 is 0 Å². The molecule has 16 heavy (non-hydrogen) atoms. The van der Waals surface area contributed by atoms with Crippen LogP contribution in [0.5, 0.6) is 0 Å². The van der Waals surface area contributed by atoms with Crippen LogP contribution in [0.2, 0.25) is 0 Å². The van der Waals surface area contributed by atoms with E-state index in [1.165, 1.54) is 64.7 Å². The Balaban J connectivity index is 1.79. The lowest BCUT2D eigenvalue weighted by Gasteiger charge is -2.31. The lowest BCUT2D eigenvalue weighted by molar-refractivity contribution is 0.189. The van der Waals surface area contributed by atoms with Gasteiger partial charge in [0, 0.05) is 12.6 Å². The molecule has 0 bridgehead atoms. The van der Waals surface area contributed by atoms with Crippen molar-refractivity contribution in [2.24, 2.45) is 5.41 Å². The third kappa shape index (κ3) is 3.46. The maximum atomic E-state index is 3.58. The molecule has 1 saturated carbocycles. The molecule has 1 unspecified atom stereocenters. The third-order valence-electron chi connectivity index (χ3n) is 4.32. The van der Waals surface area contributed by atoms with Crippen LogP contribution in [0.3, 0.4) is 0 Å². The molecule has 2 rings (SSSR count). The fourth-order valence-electron chi connectivity index (χ4n) is 3.07. The van der Waals surface area contributed by atoms with E-state index in [1.54, 1.807) is 0 Å². The zero-order valence-electron chi connectivity index (χ0n) is 11.1. The van der Waals surface area contributed by atoms with Gasteiger partial charge in [-0.3, -0.25) is 0 Å². The van der Waals surface area contributed by atoms with Crippen molar-refractivity contribution in [2.75, 3.05) is 26.2 Å². The minimum atomic E-state index is 0.712. The van der Waals surface area contributed by atoms with Crippen molar-refractivity contribution >= 4 is 0 Å². The van der Waals surface area contributed by atoms with Gasteiger partial charge in [-0.1, -0.05) is 13.3 Å². The SMILES string of the molecule is CCCC1(CN2CCCNC(C)CC2)CC1. The highest BCUT2D eigenvalue weighted by Gasteiger charge is 2.42. The first-order valence-corrected chi connectivity index (χ1v) is 7.20. The first-order chi connectivity index (χ1) is 7.74. The average Bonchev–Trinajstić information content (AvgIpc) is 2.98. The minimum Gasteiger partial charge on any atom is -0.314 e. The summed E-state index contributed by atoms with van der Waals surface area (Å²) >= 11 is 0. The Kier molecular flexibility index (Phi) is 4.26. The zero-order valence-corrected chi connectivity index (χ0v) is 11.1. The molecular formula is C14H28N2. The van der Waals surface area contributed by atoms with E-state index in [2.05, 4.69) is 24.1 Å². The predicted molar refractivity (Wildman–Crippen MR) is 69.7 cm³/mol. The smallest absolute Gasteiger partial charge is 0.00509 e. The fourth-order valence-corrected chi connectivity index (χ4v) is 3.07. The van der Waals surface area contributed by atoms with Crippen molar-refractivity contribution in [3.05, 3.63) is 0 Å². The van der Waals surface area contributed by atoms with E-state index in [0.717, 1.165) is 5.41 Å². The molecule has 94 valence electrons. The molecule has 1 N–H and O–H groups in total. The molecule has 2 heteroatoms. The molecule has 0 aromatic heterocycles. The lowest BCUT2D eigenvalue weighted by Crippen LogP contribution is -2.40. The Labute approximate surface area is 101 Å². The Morgan fingerprint density at radius 2 is 2.12 bits per heavy atom. The summed E-state index contributed by atoms with van der Waals surface area (Å²) in [6, 6.07) is 0.712. The van der Waals surface area contributed by atoms with Gasteiger partial charge in [0.1, 0.15) is 0 Å². The quantitative estimate of drug-likeness (QED) is 0.790. The maximum absolute atomic E-state index is 3.58. The Morgan fingerprint density at radius 1 is 1.31 bits per heavy atom. The highest BCUT2D eigenvalue weighted by Crippen LogP contribution is 2.50. The lowest BCUT2D eigenvalue weighted by atomic mass is 9.99. The molecule has 0 aromatic rings. The molecule has 1 atom stereocenters. The van der Waals surface area contributed by atoms with Gasteiger partial charge in [-0.05, 0) is 64.1 Å². The fraction of sp³-hybridized carbons (Fsp3) is 1.00. The molecule has 2 fully saturated rings. The second kappa shape index (κ2) is 5.50. The van der Waals surface area contributed by atoms with Crippen LogP contribution < -0.4 is 5.32 Å². The highest BCUT2D eigenvalue weighted by atomic mass is 15.1. The number of hydrogen-bond acceptors (Lipinski definition) is 2. The first kappa shape index (κ1) is 12.4. The number of hydrogen-bond donors (Lipinski definition) is 1. The van der Waals surface area contributed by atoms with E-state index in [-0.39, 0.29) is 0 Å². The Bertz CT molecular complexity index is 211.